The van der Waals surface area contributed by atoms with E-state index in [1.165, 1.54) is 15.6 Å². The lowest BCUT2D eigenvalue weighted by Crippen LogP contribution is -2.51. The normalized spacial score (nSPS) is 22.5. The molecule has 1 aromatic heterocycles. The van der Waals surface area contributed by atoms with Crippen LogP contribution >= 0.6 is 11.3 Å². The van der Waals surface area contributed by atoms with Crippen molar-refractivity contribution >= 4 is 37.4 Å². The predicted octanol–water partition coefficient (Wildman–Crippen LogP) is 6.00. The molecule has 0 unspecified atom stereocenters. The van der Waals surface area contributed by atoms with Crippen LogP contribution < -0.4 is 0 Å². The maximum Gasteiger partial charge on any atom is 0.248 e. The molecule has 36 heavy (non-hydrogen) atoms. The van der Waals surface area contributed by atoms with E-state index in [1.807, 2.05) is 37.3 Å². The Labute approximate surface area is 214 Å². The van der Waals surface area contributed by atoms with Crippen LogP contribution in [0.25, 0.3) is 10.2 Å². The van der Waals surface area contributed by atoms with E-state index in [4.69, 9.17) is 4.78 Å². The summed E-state index contributed by atoms with van der Waals surface area (Å²) in [7, 11) is -3.37. The number of aryl methyl sites for hydroxylation is 1. The number of hydrogen-bond donors (Lipinski definition) is 1. The predicted molar refractivity (Wildman–Crippen MR) is 137 cm³/mol. The maximum absolute atomic E-state index is 14.0. The van der Waals surface area contributed by atoms with E-state index < -0.39 is 21.9 Å². The summed E-state index contributed by atoms with van der Waals surface area (Å²) in [6.45, 7) is 2.58. The lowest BCUT2D eigenvalue weighted by molar-refractivity contribution is -0.141. The minimum atomic E-state index is -3.37. The molecule has 2 heterocycles. The van der Waals surface area contributed by atoms with E-state index in [1.54, 1.807) is 22.5 Å². The lowest BCUT2D eigenvalue weighted by Gasteiger charge is -2.39. The molecule has 1 N–H and O–H groups in total. The fourth-order valence-corrected chi connectivity index (χ4v) is 7.64. The van der Waals surface area contributed by atoms with E-state index >= 15 is 0 Å². The summed E-state index contributed by atoms with van der Waals surface area (Å²) in [5.74, 6) is -2.93. The molecule has 3 aromatic rings. The molecule has 0 spiro atoms. The average molecular weight is 533 g/mol. The Morgan fingerprint density at radius 2 is 1.92 bits per heavy atom. The number of carbonyl (C=O) groups is 1. The second-order valence-electron chi connectivity index (χ2n) is 9.85. The molecule has 1 aliphatic heterocycles. The summed E-state index contributed by atoms with van der Waals surface area (Å²) in [6, 6.07) is 11.8. The molecule has 1 saturated carbocycles. The molecule has 2 aliphatic rings. The van der Waals surface area contributed by atoms with Crippen molar-refractivity contribution in [2.45, 2.75) is 74.9 Å². The number of hydrogen-bond acceptors (Lipinski definition) is 5. The van der Waals surface area contributed by atoms with Gasteiger partial charge in [-0.05, 0) is 62.4 Å². The van der Waals surface area contributed by atoms with Gasteiger partial charge in [0, 0.05) is 32.0 Å². The fourth-order valence-electron chi connectivity index (χ4n) is 5.27. The zero-order chi connectivity index (χ0) is 25.5. The number of rotatable bonds is 6. The van der Waals surface area contributed by atoms with Gasteiger partial charge >= 0.3 is 0 Å². The molecular formula is C26H30F2N4O2S2. The number of nitrogens with zero attached hydrogens (tertiary/aromatic N) is 3. The number of carbonyl (C=O) groups excluding carboxylic acids is 1. The summed E-state index contributed by atoms with van der Waals surface area (Å²) < 4.78 is 52.9. The molecule has 192 valence electrons. The van der Waals surface area contributed by atoms with Crippen molar-refractivity contribution in [3.05, 3.63) is 59.1 Å². The highest BCUT2D eigenvalue weighted by atomic mass is 32.2. The van der Waals surface area contributed by atoms with Crippen LogP contribution in [0, 0.1) is 11.7 Å². The lowest BCUT2D eigenvalue weighted by atomic mass is 9.90. The van der Waals surface area contributed by atoms with Gasteiger partial charge in [-0.25, -0.2) is 27.1 Å². The van der Waals surface area contributed by atoms with Gasteiger partial charge < -0.3 is 4.90 Å². The minimum Gasteiger partial charge on any atom is -0.334 e. The van der Waals surface area contributed by atoms with Crippen LogP contribution in [0.2, 0.25) is 0 Å². The Kier molecular flexibility index (Phi) is 6.86. The first-order valence-corrected chi connectivity index (χ1v) is 14.7. The van der Waals surface area contributed by atoms with Crippen molar-refractivity contribution in [3.8, 4) is 0 Å². The van der Waals surface area contributed by atoms with Gasteiger partial charge in [-0.2, -0.15) is 0 Å². The second kappa shape index (κ2) is 9.79. The number of aromatic nitrogens is 1. The smallest absolute Gasteiger partial charge is 0.248 e. The Morgan fingerprint density at radius 3 is 2.64 bits per heavy atom. The van der Waals surface area contributed by atoms with Crippen molar-refractivity contribution in [2.75, 3.05) is 6.54 Å². The van der Waals surface area contributed by atoms with Crippen LogP contribution in [-0.4, -0.2) is 48.9 Å². The Bertz CT molecular complexity index is 1350. The monoisotopic (exact) mass is 532 g/mol. The van der Waals surface area contributed by atoms with Crippen LogP contribution in [0.1, 0.15) is 49.7 Å². The van der Waals surface area contributed by atoms with Crippen LogP contribution in [-0.2, 0) is 21.3 Å². The van der Waals surface area contributed by atoms with Crippen molar-refractivity contribution in [1.82, 2.24) is 14.2 Å². The van der Waals surface area contributed by atoms with Gasteiger partial charge in [0.1, 0.15) is 16.0 Å². The van der Waals surface area contributed by atoms with E-state index in [0.29, 0.717) is 24.3 Å². The van der Waals surface area contributed by atoms with Gasteiger partial charge in [0.2, 0.25) is 11.8 Å². The molecule has 2 fully saturated rings. The zero-order valence-electron chi connectivity index (χ0n) is 20.2. The summed E-state index contributed by atoms with van der Waals surface area (Å²) in [5.41, 5.74) is 4.50. The maximum atomic E-state index is 14.0. The molecule has 0 bridgehead atoms. The number of fused-ring (bicyclic) bond motifs is 1. The molecule has 6 nitrogen and oxygen atoms in total. The van der Waals surface area contributed by atoms with Gasteiger partial charge in [0.25, 0.3) is 0 Å². The number of amides is 1. The van der Waals surface area contributed by atoms with Crippen molar-refractivity contribution in [2.24, 2.45) is 0 Å². The summed E-state index contributed by atoms with van der Waals surface area (Å²) in [6.07, 6.45) is 1.08. The molecule has 2 aromatic carbocycles. The first kappa shape index (κ1) is 25.2. The first-order valence-electron chi connectivity index (χ1n) is 12.3. The molecule has 10 heteroatoms. The Hall–Kier alpha value is -2.43. The SMILES string of the molecule is Cc1ccc([S@](=N)(=O)N2CCC[C@H]2C(=O)N(Cc2ccc3scnc3c2)C2CCC(F)(F)CC2)cc1. The van der Waals surface area contributed by atoms with Gasteiger partial charge in [0.05, 0.1) is 20.6 Å². The van der Waals surface area contributed by atoms with Gasteiger partial charge in [-0.15, -0.1) is 11.3 Å². The van der Waals surface area contributed by atoms with E-state index in [0.717, 1.165) is 21.3 Å². The number of thiazole rings is 1. The quantitative estimate of drug-likeness (QED) is 0.423. The summed E-state index contributed by atoms with van der Waals surface area (Å²) in [4.78, 5) is 20.5. The Morgan fingerprint density at radius 1 is 1.19 bits per heavy atom. The number of benzene rings is 2. The third-order valence-electron chi connectivity index (χ3n) is 7.32. The third-order valence-corrected chi connectivity index (χ3v) is 10.1. The first-order chi connectivity index (χ1) is 17.1. The molecule has 0 radical (unpaired) electrons. The zero-order valence-corrected chi connectivity index (χ0v) is 21.8. The van der Waals surface area contributed by atoms with Crippen LogP contribution in [0.5, 0.6) is 0 Å². The number of halogens is 2. The van der Waals surface area contributed by atoms with Crippen LogP contribution in [0.4, 0.5) is 8.78 Å². The van der Waals surface area contributed by atoms with E-state index in [9.17, 15) is 17.8 Å². The molecule has 2 atom stereocenters. The van der Waals surface area contributed by atoms with Crippen LogP contribution in [0.15, 0.2) is 52.9 Å². The van der Waals surface area contributed by atoms with Crippen molar-refractivity contribution in [1.29, 1.82) is 4.78 Å². The van der Waals surface area contributed by atoms with Crippen molar-refractivity contribution < 1.29 is 17.8 Å². The minimum absolute atomic E-state index is 0.221. The summed E-state index contributed by atoms with van der Waals surface area (Å²) >= 11 is 1.54. The molecule has 1 saturated heterocycles. The highest BCUT2D eigenvalue weighted by Crippen LogP contribution is 2.37. The average Bonchev–Trinajstić information content (AvgIpc) is 3.52. The fraction of sp³-hybridized carbons (Fsp3) is 0.462. The van der Waals surface area contributed by atoms with E-state index in [2.05, 4.69) is 4.98 Å². The second-order valence-corrected chi connectivity index (χ2v) is 12.7. The van der Waals surface area contributed by atoms with Gasteiger partial charge in [0.15, 0.2) is 0 Å². The third kappa shape index (κ3) is 5.03. The molecule has 5 rings (SSSR count). The molecule has 1 aliphatic carbocycles. The van der Waals surface area contributed by atoms with Gasteiger partial charge in [-0.3, -0.25) is 4.79 Å². The van der Waals surface area contributed by atoms with E-state index in [-0.39, 0.29) is 44.2 Å². The highest BCUT2D eigenvalue weighted by molar-refractivity contribution is 7.90. The number of alkyl halides is 2. The van der Waals surface area contributed by atoms with Crippen molar-refractivity contribution in [3.63, 3.8) is 0 Å². The summed E-state index contributed by atoms with van der Waals surface area (Å²) in [5, 5.41) is 0. The largest absolute Gasteiger partial charge is 0.334 e. The number of nitrogens with one attached hydrogen (secondary N) is 1. The van der Waals surface area contributed by atoms with Crippen LogP contribution in [0.3, 0.4) is 0 Å². The van der Waals surface area contributed by atoms with Gasteiger partial charge in [-0.1, -0.05) is 23.8 Å². The Balaban J connectivity index is 1.44. The standard InChI is InChI=1S/C26H30F2N4O2S2/c1-18-4-7-21(8-5-18)36(29,34)32-14-2-3-23(32)25(33)31(20-10-12-26(27,28)13-11-20)16-19-6-9-24-22(15-19)30-17-35-24/h4-9,15,17,20,23,29H,2-3,10-14,16H2,1H3/t23-,36+/m0/s1. The highest BCUT2D eigenvalue weighted by Gasteiger charge is 2.43. The molecular weight excluding hydrogens is 502 g/mol. The molecule has 1 amide bonds. The topological polar surface area (TPSA) is 77.4 Å².